The first-order valence-electron chi connectivity index (χ1n) is 9.89. The largest absolute Gasteiger partial charge is 0.460 e. The number of ether oxygens (including phenoxy) is 1. The van der Waals surface area contributed by atoms with Crippen molar-refractivity contribution in [3.05, 3.63) is 24.3 Å². The van der Waals surface area contributed by atoms with Gasteiger partial charge in [0.15, 0.2) is 4.34 Å². The van der Waals surface area contributed by atoms with E-state index < -0.39 is 27.7 Å². The first kappa shape index (κ1) is 24.5. The number of fused-ring (bicyclic) bond motifs is 1. The molecule has 0 aliphatic heterocycles. The third kappa shape index (κ3) is 9.27. The van der Waals surface area contributed by atoms with Gasteiger partial charge in [0.25, 0.3) is 0 Å². The summed E-state index contributed by atoms with van der Waals surface area (Å²) in [5.74, 6) is 1.46. The van der Waals surface area contributed by atoms with Crippen molar-refractivity contribution < 1.29 is 17.9 Å². The predicted molar refractivity (Wildman–Crippen MR) is 126 cm³/mol. The van der Waals surface area contributed by atoms with E-state index in [0.29, 0.717) is 11.5 Å². The smallest absolute Gasteiger partial charge is 0.316 e. The Morgan fingerprint density at radius 1 is 1.10 bits per heavy atom. The van der Waals surface area contributed by atoms with Crippen LogP contribution in [0, 0.1) is 0 Å². The summed E-state index contributed by atoms with van der Waals surface area (Å²) in [6, 6.07) is 7.85. The molecule has 1 heterocycles. The second-order valence-electron chi connectivity index (χ2n) is 6.68. The van der Waals surface area contributed by atoms with Crippen molar-refractivity contribution >= 4 is 60.9 Å². The van der Waals surface area contributed by atoms with Gasteiger partial charge in [0.2, 0.25) is 0 Å². The number of hydrogen-bond donors (Lipinski definition) is 0. The molecule has 2 rings (SSSR count). The van der Waals surface area contributed by atoms with Crippen molar-refractivity contribution in [2.75, 3.05) is 28.8 Å². The molecular formula is C20H29NO4S4. The fourth-order valence-corrected chi connectivity index (χ4v) is 7.32. The molecule has 2 aromatic rings. The zero-order chi connectivity index (χ0) is 21.1. The predicted octanol–water partition coefficient (Wildman–Crippen LogP) is 4.40. The summed E-state index contributed by atoms with van der Waals surface area (Å²) in [6.07, 6.45) is 3.13. The summed E-state index contributed by atoms with van der Waals surface area (Å²) in [7, 11) is -2.14. The average Bonchev–Trinajstić information content (AvgIpc) is 3.12. The van der Waals surface area contributed by atoms with Crippen LogP contribution < -0.4 is 0 Å². The van der Waals surface area contributed by atoms with Crippen LogP contribution in [-0.2, 0) is 31.1 Å². The SMILES string of the molecule is CCCCS(=O)CC(CS(=O)CCCC)OC(=O)CSc1nc2ccccc2s1. The molecule has 0 N–H and O–H groups in total. The number of aromatic nitrogens is 1. The number of rotatable bonds is 14. The average molecular weight is 476 g/mol. The molecule has 2 atom stereocenters. The number of hydrogen-bond acceptors (Lipinski definition) is 7. The van der Waals surface area contributed by atoms with Crippen LogP contribution in [0.15, 0.2) is 28.6 Å². The Labute approximate surface area is 186 Å². The second kappa shape index (κ2) is 13.5. The molecule has 1 aromatic carbocycles. The molecule has 0 aliphatic rings. The molecule has 162 valence electrons. The number of thiazole rings is 1. The van der Waals surface area contributed by atoms with Gasteiger partial charge >= 0.3 is 5.97 Å². The van der Waals surface area contributed by atoms with E-state index >= 15 is 0 Å². The van der Waals surface area contributed by atoms with Crippen LogP contribution in [0.25, 0.3) is 10.2 Å². The van der Waals surface area contributed by atoms with E-state index in [9.17, 15) is 13.2 Å². The van der Waals surface area contributed by atoms with Crippen molar-refractivity contribution in [1.29, 1.82) is 0 Å². The van der Waals surface area contributed by atoms with Gasteiger partial charge in [-0.05, 0) is 25.0 Å². The summed E-state index contributed by atoms with van der Waals surface area (Å²) >= 11 is 2.89. The summed E-state index contributed by atoms with van der Waals surface area (Å²) in [6.45, 7) is 4.10. The van der Waals surface area contributed by atoms with E-state index in [4.69, 9.17) is 4.74 Å². The van der Waals surface area contributed by atoms with Crippen LogP contribution in [0.4, 0.5) is 0 Å². The molecule has 0 spiro atoms. The molecule has 0 saturated heterocycles. The number of para-hydroxylation sites is 1. The molecule has 9 heteroatoms. The lowest BCUT2D eigenvalue weighted by molar-refractivity contribution is -0.143. The van der Waals surface area contributed by atoms with E-state index in [1.165, 1.54) is 11.8 Å². The third-order valence-electron chi connectivity index (χ3n) is 4.08. The zero-order valence-corrected chi connectivity index (χ0v) is 20.2. The highest BCUT2D eigenvalue weighted by Crippen LogP contribution is 2.29. The maximum Gasteiger partial charge on any atom is 0.316 e. The van der Waals surface area contributed by atoms with E-state index in [-0.39, 0.29) is 23.2 Å². The van der Waals surface area contributed by atoms with E-state index in [1.54, 1.807) is 11.3 Å². The number of thioether (sulfide) groups is 1. The fourth-order valence-electron chi connectivity index (χ4n) is 2.56. The van der Waals surface area contributed by atoms with Gasteiger partial charge < -0.3 is 4.74 Å². The Kier molecular flexibility index (Phi) is 11.4. The zero-order valence-electron chi connectivity index (χ0n) is 17.0. The monoisotopic (exact) mass is 475 g/mol. The van der Waals surface area contributed by atoms with Gasteiger partial charge in [0.1, 0.15) is 6.10 Å². The molecule has 0 amide bonds. The van der Waals surface area contributed by atoms with Crippen molar-refractivity contribution in [1.82, 2.24) is 4.98 Å². The maximum absolute atomic E-state index is 12.4. The molecule has 0 bridgehead atoms. The Bertz CT molecular complexity index is 769. The van der Waals surface area contributed by atoms with Crippen LogP contribution in [0.2, 0.25) is 0 Å². The summed E-state index contributed by atoms with van der Waals surface area (Å²) < 4.78 is 32.0. The van der Waals surface area contributed by atoms with Gasteiger partial charge in [-0.3, -0.25) is 13.2 Å². The van der Waals surface area contributed by atoms with Gasteiger partial charge in [0.05, 0.1) is 27.5 Å². The molecule has 0 aliphatic carbocycles. The molecule has 0 saturated carbocycles. The molecule has 29 heavy (non-hydrogen) atoms. The van der Waals surface area contributed by atoms with Gasteiger partial charge in [-0.1, -0.05) is 50.6 Å². The Morgan fingerprint density at radius 2 is 1.72 bits per heavy atom. The number of carbonyl (C=O) groups is 1. The maximum atomic E-state index is 12.4. The second-order valence-corrected chi connectivity index (χ2v) is 12.2. The quantitative estimate of drug-likeness (QED) is 0.298. The molecule has 5 nitrogen and oxygen atoms in total. The Morgan fingerprint density at radius 3 is 2.31 bits per heavy atom. The van der Waals surface area contributed by atoms with Crippen molar-refractivity contribution in [2.45, 2.75) is 50.0 Å². The summed E-state index contributed by atoms with van der Waals surface area (Å²) in [4.78, 5) is 16.9. The minimum atomic E-state index is -1.07. The van der Waals surface area contributed by atoms with Crippen LogP contribution >= 0.6 is 23.1 Å². The Balaban J connectivity index is 1.89. The lowest BCUT2D eigenvalue weighted by Gasteiger charge is -2.17. The van der Waals surface area contributed by atoms with Gasteiger partial charge in [-0.2, -0.15) is 0 Å². The number of esters is 1. The number of carbonyl (C=O) groups excluding carboxylic acids is 1. The fraction of sp³-hybridized carbons (Fsp3) is 0.600. The third-order valence-corrected chi connectivity index (χ3v) is 9.21. The minimum Gasteiger partial charge on any atom is -0.460 e. The van der Waals surface area contributed by atoms with Crippen LogP contribution in [-0.4, -0.2) is 54.2 Å². The lowest BCUT2D eigenvalue weighted by atomic mass is 10.3. The molecule has 0 fully saturated rings. The standard InChI is InChI=1S/C20H29NO4S4/c1-3-5-11-28(23)14-16(15-29(24)12-6-4-2)25-19(22)13-26-20-21-17-9-7-8-10-18(17)27-20/h7-10,16H,3-6,11-15H2,1-2H3. The van der Waals surface area contributed by atoms with Crippen molar-refractivity contribution in [2.24, 2.45) is 0 Å². The normalized spacial score (nSPS) is 14.6. The Hall–Kier alpha value is -0.770. The molecule has 1 aromatic heterocycles. The van der Waals surface area contributed by atoms with Crippen LogP contribution in [0.1, 0.15) is 39.5 Å². The highest BCUT2D eigenvalue weighted by atomic mass is 32.2. The van der Waals surface area contributed by atoms with Crippen LogP contribution in [0.3, 0.4) is 0 Å². The topological polar surface area (TPSA) is 73.3 Å². The van der Waals surface area contributed by atoms with Crippen molar-refractivity contribution in [3.63, 3.8) is 0 Å². The van der Waals surface area contributed by atoms with E-state index in [0.717, 1.165) is 40.2 Å². The highest BCUT2D eigenvalue weighted by Gasteiger charge is 2.21. The number of benzene rings is 1. The van der Waals surface area contributed by atoms with Crippen molar-refractivity contribution in [3.8, 4) is 0 Å². The number of unbranched alkanes of at least 4 members (excludes halogenated alkanes) is 2. The van der Waals surface area contributed by atoms with Crippen LogP contribution in [0.5, 0.6) is 0 Å². The summed E-state index contributed by atoms with van der Waals surface area (Å²) in [5, 5.41) is 0. The lowest BCUT2D eigenvalue weighted by Crippen LogP contribution is -2.31. The minimum absolute atomic E-state index is 0.138. The van der Waals surface area contributed by atoms with Gasteiger partial charge in [0, 0.05) is 33.1 Å². The molecule has 2 unspecified atom stereocenters. The van der Waals surface area contributed by atoms with Gasteiger partial charge in [-0.25, -0.2) is 4.98 Å². The van der Waals surface area contributed by atoms with E-state index in [2.05, 4.69) is 4.98 Å². The first-order valence-corrected chi connectivity index (χ1v) is 14.7. The summed E-state index contributed by atoms with van der Waals surface area (Å²) in [5.41, 5.74) is 0.920. The first-order chi connectivity index (χ1) is 14.0. The number of nitrogens with zero attached hydrogens (tertiary/aromatic N) is 1. The van der Waals surface area contributed by atoms with Gasteiger partial charge in [-0.15, -0.1) is 11.3 Å². The highest BCUT2D eigenvalue weighted by molar-refractivity contribution is 8.01. The molecule has 0 radical (unpaired) electrons. The van der Waals surface area contributed by atoms with E-state index in [1.807, 2.05) is 38.1 Å². The molecular weight excluding hydrogens is 446 g/mol.